The molecule has 1 aliphatic rings. The Bertz CT molecular complexity index is 616. The lowest BCUT2D eigenvalue weighted by Crippen LogP contribution is -2.08. The van der Waals surface area contributed by atoms with Gasteiger partial charge in [0.2, 0.25) is 0 Å². The molecule has 106 valence electrons. The molecule has 0 aliphatic heterocycles. The first-order valence-electron chi connectivity index (χ1n) is 7.05. The summed E-state index contributed by atoms with van der Waals surface area (Å²) in [6, 6.07) is 1.94. The van der Waals surface area contributed by atoms with Gasteiger partial charge in [-0.1, -0.05) is 12.8 Å². The normalized spacial score (nSPS) is 15.9. The number of halogens is 1. The maximum atomic E-state index is 6.06. The lowest BCUT2D eigenvalue weighted by molar-refractivity contribution is 0.658. The first-order valence-corrected chi connectivity index (χ1v) is 7.85. The van der Waals surface area contributed by atoms with E-state index in [4.69, 9.17) is 10.7 Å². The fourth-order valence-corrected chi connectivity index (χ4v) is 3.34. The van der Waals surface area contributed by atoms with Crippen LogP contribution in [0.1, 0.15) is 44.2 Å². The van der Waals surface area contributed by atoms with E-state index in [2.05, 4.69) is 32.9 Å². The SMILES string of the molecule is CCn1nccc1-c1nc(N)c(Br)c(C2CCCC2)n1. The van der Waals surface area contributed by atoms with Crippen LogP contribution in [0.5, 0.6) is 0 Å². The summed E-state index contributed by atoms with van der Waals surface area (Å²) in [6.07, 6.45) is 6.67. The molecule has 0 amide bonds. The molecular weight excluding hydrogens is 318 g/mol. The molecule has 0 saturated heterocycles. The number of nitrogens with zero attached hydrogens (tertiary/aromatic N) is 4. The zero-order chi connectivity index (χ0) is 14.1. The van der Waals surface area contributed by atoms with Crippen molar-refractivity contribution in [2.75, 3.05) is 5.73 Å². The minimum Gasteiger partial charge on any atom is -0.383 e. The van der Waals surface area contributed by atoms with Crippen LogP contribution in [-0.2, 0) is 6.54 Å². The quantitative estimate of drug-likeness (QED) is 0.933. The van der Waals surface area contributed by atoms with Crippen LogP contribution in [0.15, 0.2) is 16.7 Å². The van der Waals surface area contributed by atoms with Gasteiger partial charge in [0.1, 0.15) is 11.5 Å². The second-order valence-electron chi connectivity index (χ2n) is 5.15. The maximum absolute atomic E-state index is 6.06. The molecular formula is C14H18BrN5. The molecule has 2 aromatic heterocycles. The Balaban J connectivity index is 2.08. The number of nitrogens with two attached hydrogens (primary N) is 1. The molecule has 0 bridgehead atoms. The standard InChI is InChI=1S/C14H18BrN5/c1-2-20-10(7-8-17-20)14-18-12(9-5-3-4-6-9)11(15)13(16)19-14/h7-9H,2-6H2,1H3,(H2,16,18,19). The molecule has 2 heterocycles. The molecule has 0 unspecified atom stereocenters. The van der Waals surface area contributed by atoms with E-state index in [1.54, 1.807) is 6.20 Å². The Kier molecular flexibility index (Phi) is 3.74. The Labute approximate surface area is 126 Å². The first-order chi connectivity index (χ1) is 9.70. The molecule has 1 saturated carbocycles. The maximum Gasteiger partial charge on any atom is 0.180 e. The summed E-state index contributed by atoms with van der Waals surface area (Å²) in [7, 11) is 0. The topological polar surface area (TPSA) is 69.6 Å². The van der Waals surface area contributed by atoms with Crippen LogP contribution >= 0.6 is 15.9 Å². The second-order valence-corrected chi connectivity index (χ2v) is 5.94. The fourth-order valence-electron chi connectivity index (χ4n) is 2.84. The van der Waals surface area contributed by atoms with Gasteiger partial charge in [-0.15, -0.1) is 0 Å². The monoisotopic (exact) mass is 335 g/mol. The lowest BCUT2D eigenvalue weighted by Gasteiger charge is -2.14. The molecule has 20 heavy (non-hydrogen) atoms. The van der Waals surface area contributed by atoms with Gasteiger partial charge in [-0.3, -0.25) is 4.68 Å². The van der Waals surface area contributed by atoms with Crippen LogP contribution in [0.3, 0.4) is 0 Å². The highest BCUT2D eigenvalue weighted by Gasteiger charge is 2.24. The molecule has 1 fully saturated rings. The Morgan fingerprint density at radius 2 is 2.10 bits per heavy atom. The van der Waals surface area contributed by atoms with Crippen LogP contribution in [0.2, 0.25) is 0 Å². The molecule has 3 rings (SSSR count). The van der Waals surface area contributed by atoms with E-state index in [0.29, 0.717) is 17.6 Å². The van der Waals surface area contributed by atoms with Gasteiger partial charge in [-0.05, 0) is 41.8 Å². The third-order valence-electron chi connectivity index (χ3n) is 3.89. The molecule has 0 radical (unpaired) electrons. The van der Waals surface area contributed by atoms with Gasteiger partial charge >= 0.3 is 0 Å². The Morgan fingerprint density at radius 3 is 2.80 bits per heavy atom. The third kappa shape index (κ3) is 2.32. The summed E-state index contributed by atoms with van der Waals surface area (Å²) >= 11 is 3.55. The average Bonchev–Trinajstić information content (AvgIpc) is 3.11. The van der Waals surface area contributed by atoms with Crippen LogP contribution < -0.4 is 5.73 Å². The van der Waals surface area contributed by atoms with Gasteiger partial charge in [0.25, 0.3) is 0 Å². The van der Waals surface area contributed by atoms with Crippen molar-refractivity contribution < 1.29 is 0 Å². The van der Waals surface area contributed by atoms with E-state index in [1.807, 2.05) is 10.7 Å². The smallest absolute Gasteiger partial charge is 0.180 e. The van der Waals surface area contributed by atoms with E-state index in [1.165, 1.54) is 25.7 Å². The van der Waals surface area contributed by atoms with E-state index >= 15 is 0 Å². The Hall–Kier alpha value is -1.43. The fraction of sp³-hybridized carbons (Fsp3) is 0.500. The summed E-state index contributed by atoms with van der Waals surface area (Å²) in [5.41, 5.74) is 8.03. The molecule has 2 N–H and O–H groups in total. The summed E-state index contributed by atoms with van der Waals surface area (Å²) in [6.45, 7) is 2.84. The highest BCUT2D eigenvalue weighted by atomic mass is 79.9. The zero-order valence-corrected chi connectivity index (χ0v) is 13.1. The van der Waals surface area contributed by atoms with Crippen molar-refractivity contribution in [3.8, 4) is 11.5 Å². The zero-order valence-electron chi connectivity index (χ0n) is 11.5. The van der Waals surface area contributed by atoms with Crippen LogP contribution in [0.4, 0.5) is 5.82 Å². The van der Waals surface area contributed by atoms with Crippen LogP contribution in [0.25, 0.3) is 11.5 Å². The minimum absolute atomic E-state index is 0.492. The number of hydrogen-bond donors (Lipinski definition) is 1. The van der Waals surface area contributed by atoms with Crippen molar-refractivity contribution in [2.45, 2.75) is 45.1 Å². The molecule has 0 aromatic carbocycles. The van der Waals surface area contributed by atoms with Gasteiger partial charge in [0.15, 0.2) is 5.82 Å². The predicted octanol–water partition coefficient (Wildman–Crippen LogP) is 3.36. The van der Waals surface area contributed by atoms with Gasteiger partial charge in [-0.2, -0.15) is 5.10 Å². The molecule has 5 nitrogen and oxygen atoms in total. The van der Waals surface area contributed by atoms with Crippen molar-refractivity contribution >= 4 is 21.7 Å². The van der Waals surface area contributed by atoms with E-state index in [-0.39, 0.29) is 0 Å². The van der Waals surface area contributed by atoms with Crippen molar-refractivity contribution in [1.29, 1.82) is 0 Å². The number of anilines is 1. The molecule has 0 atom stereocenters. The van der Waals surface area contributed by atoms with Crippen molar-refractivity contribution in [3.05, 3.63) is 22.4 Å². The molecule has 6 heteroatoms. The summed E-state index contributed by atoms with van der Waals surface area (Å²) < 4.78 is 2.75. The van der Waals surface area contributed by atoms with Crippen molar-refractivity contribution in [1.82, 2.24) is 19.7 Å². The summed E-state index contributed by atoms with van der Waals surface area (Å²) in [5.74, 6) is 1.68. The van der Waals surface area contributed by atoms with Crippen molar-refractivity contribution in [2.24, 2.45) is 0 Å². The molecule has 1 aliphatic carbocycles. The summed E-state index contributed by atoms with van der Waals surface area (Å²) in [5, 5.41) is 4.27. The van der Waals surface area contributed by atoms with Crippen LogP contribution in [-0.4, -0.2) is 19.7 Å². The van der Waals surface area contributed by atoms with E-state index in [9.17, 15) is 0 Å². The largest absolute Gasteiger partial charge is 0.383 e. The first kappa shape index (κ1) is 13.5. The summed E-state index contributed by atoms with van der Waals surface area (Å²) in [4.78, 5) is 9.18. The highest BCUT2D eigenvalue weighted by Crippen LogP contribution is 2.38. The number of aromatic nitrogens is 4. The van der Waals surface area contributed by atoms with Gasteiger partial charge in [0.05, 0.1) is 10.2 Å². The van der Waals surface area contributed by atoms with E-state index in [0.717, 1.165) is 22.4 Å². The molecule has 0 spiro atoms. The third-order valence-corrected chi connectivity index (χ3v) is 4.70. The number of nitrogen functional groups attached to an aromatic ring is 1. The average molecular weight is 336 g/mol. The second kappa shape index (κ2) is 5.52. The van der Waals surface area contributed by atoms with Gasteiger partial charge in [-0.25, -0.2) is 9.97 Å². The van der Waals surface area contributed by atoms with Crippen LogP contribution in [0, 0.1) is 0 Å². The van der Waals surface area contributed by atoms with E-state index < -0.39 is 0 Å². The lowest BCUT2D eigenvalue weighted by atomic mass is 10.0. The van der Waals surface area contributed by atoms with Crippen molar-refractivity contribution in [3.63, 3.8) is 0 Å². The predicted molar refractivity (Wildman–Crippen MR) is 82.2 cm³/mol. The highest BCUT2D eigenvalue weighted by molar-refractivity contribution is 9.10. The van der Waals surface area contributed by atoms with Gasteiger partial charge in [0, 0.05) is 18.7 Å². The van der Waals surface area contributed by atoms with Gasteiger partial charge < -0.3 is 5.73 Å². The number of hydrogen-bond acceptors (Lipinski definition) is 4. The number of aryl methyl sites for hydroxylation is 1. The molecule has 2 aromatic rings. The Morgan fingerprint density at radius 1 is 1.35 bits per heavy atom. The minimum atomic E-state index is 0.492. The number of rotatable bonds is 3.